The second-order valence-corrected chi connectivity index (χ2v) is 2.80. The van der Waals surface area contributed by atoms with Crippen LogP contribution in [0.15, 0.2) is 12.7 Å². The van der Waals surface area contributed by atoms with Crippen LogP contribution in [0.3, 0.4) is 0 Å². The number of hydrogen-bond donors (Lipinski definition) is 0. The Morgan fingerprint density at radius 3 is 2.31 bits per heavy atom. The van der Waals surface area contributed by atoms with E-state index in [-0.39, 0.29) is 12.3 Å². The fraction of sp³-hybridized carbons (Fsp3) is 0.600. The summed E-state index contributed by atoms with van der Waals surface area (Å²) in [6.45, 7) is 7.17. The van der Waals surface area contributed by atoms with Gasteiger partial charge in [0.05, 0.1) is 12.3 Å². The summed E-state index contributed by atoms with van der Waals surface area (Å²) in [5, 5.41) is 0. The Labute approximate surface area is 78.8 Å². The predicted molar refractivity (Wildman–Crippen MR) is 50.0 cm³/mol. The standard InChI is InChI=1S/C10H16O3/c1-4-7-9(11)13-10(12)8(5-2)6-3/h4,8H,1,5-7H2,2-3H3. The summed E-state index contributed by atoms with van der Waals surface area (Å²) in [7, 11) is 0. The molecule has 0 aromatic carbocycles. The van der Waals surface area contributed by atoms with Crippen LogP contribution in [-0.4, -0.2) is 11.9 Å². The maximum atomic E-state index is 11.2. The average molecular weight is 184 g/mol. The molecule has 0 amide bonds. The van der Waals surface area contributed by atoms with Crippen LogP contribution >= 0.6 is 0 Å². The first-order chi connectivity index (χ1) is 6.15. The SMILES string of the molecule is C=CCC(=O)OC(=O)C(CC)CC. The topological polar surface area (TPSA) is 43.4 Å². The lowest BCUT2D eigenvalue weighted by Gasteiger charge is -2.09. The zero-order valence-corrected chi connectivity index (χ0v) is 8.21. The van der Waals surface area contributed by atoms with Crippen molar-refractivity contribution < 1.29 is 14.3 Å². The first-order valence-electron chi connectivity index (χ1n) is 4.51. The van der Waals surface area contributed by atoms with Gasteiger partial charge in [-0.25, -0.2) is 0 Å². The minimum absolute atomic E-state index is 0.0892. The minimum Gasteiger partial charge on any atom is -0.393 e. The van der Waals surface area contributed by atoms with Gasteiger partial charge in [-0.15, -0.1) is 6.58 Å². The maximum Gasteiger partial charge on any atom is 0.317 e. The third kappa shape index (κ3) is 4.45. The van der Waals surface area contributed by atoms with Crippen LogP contribution in [0.2, 0.25) is 0 Å². The smallest absolute Gasteiger partial charge is 0.317 e. The molecule has 0 spiro atoms. The summed E-state index contributed by atoms with van der Waals surface area (Å²) >= 11 is 0. The Kier molecular flexibility index (Phi) is 5.85. The summed E-state index contributed by atoms with van der Waals surface area (Å²) in [6, 6.07) is 0. The van der Waals surface area contributed by atoms with Gasteiger partial charge in [-0.05, 0) is 12.8 Å². The Balaban J connectivity index is 3.97. The number of carbonyl (C=O) groups excluding carboxylic acids is 2. The lowest BCUT2D eigenvalue weighted by molar-refractivity contribution is -0.162. The van der Waals surface area contributed by atoms with Crippen molar-refractivity contribution in [1.82, 2.24) is 0 Å². The quantitative estimate of drug-likeness (QED) is 0.373. The van der Waals surface area contributed by atoms with E-state index in [1.807, 2.05) is 13.8 Å². The molecule has 0 aliphatic heterocycles. The lowest BCUT2D eigenvalue weighted by Crippen LogP contribution is -2.19. The highest BCUT2D eigenvalue weighted by Crippen LogP contribution is 2.09. The number of rotatable bonds is 5. The van der Waals surface area contributed by atoms with Crippen LogP contribution in [-0.2, 0) is 14.3 Å². The van der Waals surface area contributed by atoms with Crippen LogP contribution < -0.4 is 0 Å². The van der Waals surface area contributed by atoms with Gasteiger partial charge in [0.2, 0.25) is 0 Å². The zero-order chi connectivity index (χ0) is 10.3. The third-order valence-corrected chi connectivity index (χ3v) is 1.84. The Morgan fingerprint density at radius 1 is 1.38 bits per heavy atom. The van der Waals surface area contributed by atoms with Gasteiger partial charge in [0.15, 0.2) is 0 Å². The predicted octanol–water partition coefficient (Wildman–Crippen LogP) is 2.07. The van der Waals surface area contributed by atoms with Gasteiger partial charge in [0.1, 0.15) is 0 Å². The highest BCUT2D eigenvalue weighted by molar-refractivity contribution is 5.87. The number of hydrogen-bond acceptors (Lipinski definition) is 3. The molecule has 0 bridgehead atoms. The van der Waals surface area contributed by atoms with Gasteiger partial charge in [0.25, 0.3) is 0 Å². The molecule has 0 unspecified atom stereocenters. The van der Waals surface area contributed by atoms with Crippen LogP contribution in [0.25, 0.3) is 0 Å². The first-order valence-corrected chi connectivity index (χ1v) is 4.51. The third-order valence-electron chi connectivity index (χ3n) is 1.84. The van der Waals surface area contributed by atoms with E-state index in [1.165, 1.54) is 6.08 Å². The van der Waals surface area contributed by atoms with Crippen LogP contribution in [0.1, 0.15) is 33.1 Å². The molecule has 3 heteroatoms. The second-order valence-electron chi connectivity index (χ2n) is 2.80. The number of carbonyl (C=O) groups is 2. The molecule has 0 rings (SSSR count). The van der Waals surface area contributed by atoms with Crippen molar-refractivity contribution in [2.45, 2.75) is 33.1 Å². The molecule has 74 valence electrons. The maximum absolute atomic E-state index is 11.2. The molecule has 3 nitrogen and oxygen atoms in total. The van der Waals surface area contributed by atoms with Crippen molar-refractivity contribution in [2.75, 3.05) is 0 Å². The van der Waals surface area contributed by atoms with Crippen LogP contribution in [0, 0.1) is 5.92 Å². The monoisotopic (exact) mass is 184 g/mol. The largest absolute Gasteiger partial charge is 0.393 e. The van der Waals surface area contributed by atoms with Gasteiger partial charge in [-0.2, -0.15) is 0 Å². The summed E-state index contributed by atoms with van der Waals surface area (Å²) in [4.78, 5) is 22.1. The van der Waals surface area contributed by atoms with Gasteiger partial charge in [0, 0.05) is 0 Å². The van der Waals surface area contributed by atoms with Gasteiger partial charge in [-0.1, -0.05) is 19.9 Å². The summed E-state index contributed by atoms with van der Waals surface area (Å²) in [5.41, 5.74) is 0. The van der Waals surface area contributed by atoms with Gasteiger partial charge in [-0.3, -0.25) is 9.59 Å². The molecule has 0 heterocycles. The summed E-state index contributed by atoms with van der Waals surface area (Å²) in [5.74, 6) is -1.10. The molecule has 0 saturated heterocycles. The average Bonchev–Trinajstić information content (AvgIpc) is 2.06. The highest BCUT2D eigenvalue weighted by atomic mass is 16.6. The van der Waals surface area contributed by atoms with Gasteiger partial charge < -0.3 is 4.74 Å². The normalized spacial score (nSPS) is 9.77. The van der Waals surface area contributed by atoms with E-state index in [4.69, 9.17) is 0 Å². The van der Waals surface area contributed by atoms with E-state index in [0.717, 1.165) is 0 Å². The van der Waals surface area contributed by atoms with Crippen molar-refractivity contribution in [2.24, 2.45) is 5.92 Å². The molecule has 0 aromatic rings. The minimum atomic E-state index is -0.521. The molecule has 13 heavy (non-hydrogen) atoms. The van der Waals surface area contributed by atoms with E-state index in [9.17, 15) is 9.59 Å². The Bertz CT molecular complexity index is 192. The van der Waals surface area contributed by atoms with Crippen LogP contribution in [0.4, 0.5) is 0 Å². The Morgan fingerprint density at radius 2 is 1.92 bits per heavy atom. The van der Waals surface area contributed by atoms with E-state index >= 15 is 0 Å². The summed E-state index contributed by atoms with van der Waals surface area (Å²) in [6.07, 6.45) is 2.92. The molecule has 0 aliphatic carbocycles. The van der Waals surface area contributed by atoms with Crippen LogP contribution in [0.5, 0.6) is 0 Å². The molecule has 0 fully saturated rings. The molecule has 0 aromatic heterocycles. The molecule has 0 atom stereocenters. The first kappa shape index (κ1) is 11.9. The van der Waals surface area contributed by atoms with E-state index in [1.54, 1.807) is 0 Å². The van der Waals surface area contributed by atoms with Crippen molar-refractivity contribution in [3.63, 3.8) is 0 Å². The van der Waals surface area contributed by atoms with Crippen molar-refractivity contribution in [3.05, 3.63) is 12.7 Å². The van der Waals surface area contributed by atoms with E-state index in [0.29, 0.717) is 12.8 Å². The van der Waals surface area contributed by atoms with Crippen molar-refractivity contribution >= 4 is 11.9 Å². The lowest BCUT2D eigenvalue weighted by atomic mass is 10.0. The fourth-order valence-electron chi connectivity index (χ4n) is 0.977. The summed E-state index contributed by atoms with van der Waals surface area (Å²) < 4.78 is 4.59. The van der Waals surface area contributed by atoms with E-state index < -0.39 is 11.9 Å². The van der Waals surface area contributed by atoms with Crippen molar-refractivity contribution in [3.8, 4) is 0 Å². The zero-order valence-electron chi connectivity index (χ0n) is 8.21. The number of esters is 2. The van der Waals surface area contributed by atoms with E-state index in [2.05, 4.69) is 11.3 Å². The molecular weight excluding hydrogens is 168 g/mol. The highest BCUT2D eigenvalue weighted by Gasteiger charge is 2.18. The molecular formula is C10H16O3. The Hall–Kier alpha value is -1.12. The molecule has 0 N–H and O–H groups in total. The second kappa shape index (κ2) is 6.40. The molecule has 0 aliphatic rings. The van der Waals surface area contributed by atoms with Gasteiger partial charge >= 0.3 is 11.9 Å². The van der Waals surface area contributed by atoms with Crippen molar-refractivity contribution in [1.29, 1.82) is 0 Å². The fourth-order valence-corrected chi connectivity index (χ4v) is 0.977. The number of ether oxygens (including phenoxy) is 1. The molecule has 0 saturated carbocycles. The molecule has 0 radical (unpaired) electrons.